The molecule has 0 spiro atoms. The molecule has 6 heteroatoms. The van der Waals surface area contributed by atoms with Gasteiger partial charge in [-0.2, -0.15) is 0 Å². The second kappa shape index (κ2) is 5.63. The van der Waals surface area contributed by atoms with Crippen LogP contribution < -0.4 is 0 Å². The predicted octanol–water partition coefficient (Wildman–Crippen LogP) is 1.67. The van der Waals surface area contributed by atoms with Crippen LogP contribution in [0.3, 0.4) is 0 Å². The van der Waals surface area contributed by atoms with Crippen molar-refractivity contribution in [1.82, 2.24) is 4.90 Å². The number of hydrogen-bond donors (Lipinski definition) is 0. The molecule has 1 aliphatic rings. The van der Waals surface area contributed by atoms with E-state index in [1.54, 1.807) is 23.3 Å². The van der Waals surface area contributed by atoms with E-state index in [0.717, 1.165) is 24.8 Å². The molecule has 4 nitrogen and oxygen atoms in total. The maximum Gasteiger partial charge on any atom is 0.229 e. The van der Waals surface area contributed by atoms with Crippen molar-refractivity contribution in [2.75, 3.05) is 25.6 Å². The topological polar surface area (TPSA) is 54.5 Å². The van der Waals surface area contributed by atoms with Gasteiger partial charge >= 0.3 is 0 Å². The van der Waals surface area contributed by atoms with E-state index in [1.807, 2.05) is 11.4 Å². The van der Waals surface area contributed by atoms with E-state index in [1.165, 1.54) is 11.1 Å². The highest BCUT2D eigenvalue weighted by Crippen LogP contribution is 2.35. The second-order valence-corrected chi connectivity index (χ2v) is 8.39. The Balaban J connectivity index is 2.05. The first-order valence-corrected chi connectivity index (χ1v) is 9.31. The molecule has 0 N–H and O–H groups in total. The average Bonchev–Trinajstić information content (AvgIpc) is 2.82. The van der Waals surface area contributed by atoms with Crippen molar-refractivity contribution in [2.24, 2.45) is 0 Å². The number of rotatable bonds is 4. The molecule has 106 valence electrons. The van der Waals surface area contributed by atoms with E-state index in [4.69, 9.17) is 0 Å². The van der Waals surface area contributed by atoms with Crippen LogP contribution in [0.4, 0.5) is 0 Å². The summed E-state index contributed by atoms with van der Waals surface area (Å²) in [5.74, 6) is -0.0131. The van der Waals surface area contributed by atoms with Crippen molar-refractivity contribution in [3.05, 3.63) is 21.9 Å². The quantitative estimate of drug-likeness (QED) is 0.850. The third kappa shape index (κ3) is 3.57. The average molecular weight is 301 g/mol. The van der Waals surface area contributed by atoms with Gasteiger partial charge < -0.3 is 4.90 Å². The van der Waals surface area contributed by atoms with Gasteiger partial charge in [-0.3, -0.25) is 4.79 Å². The molecule has 1 heterocycles. The number of carbonyl (C=O) groups excluding carboxylic acids is 1. The Morgan fingerprint density at radius 1 is 1.53 bits per heavy atom. The minimum Gasteiger partial charge on any atom is -0.344 e. The van der Waals surface area contributed by atoms with Crippen LogP contribution >= 0.6 is 11.3 Å². The number of likely N-dealkylation sites (N-methyl/N-ethyl adjacent to an activating group) is 1. The fraction of sp³-hybridized carbons (Fsp3) is 0.615. The van der Waals surface area contributed by atoms with E-state index >= 15 is 0 Å². The maximum absolute atomic E-state index is 12.4. The third-order valence-corrected chi connectivity index (χ3v) is 5.44. The lowest BCUT2D eigenvalue weighted by molar-refractivity contribution is -0.131. The molecule has 0 unspecified atom stereocenters. The molecule has 1 aromatic heterocycles. The molecule has 0 aliphatic heterocycles. The highest BCUT2D eigenvalue weighted by molar-refractivity contribution is 7.90. The van der Waals surface area contributed by atoms with Crippen LogP contribution in [0.2, 0.25) is 0 Å². The number of fused-ring (bicyclic) bond motifs is 1. The van der Waals surface area contributed by atoms with Gasteiger partial charge in [0, 0.05) is 24.7 Å². The summed E-state index contributed by atoms with van der Waals surface area (Å²) in [5.41, 5.74) is 1.15. The summed E-state index contributed by atoms with van der Waals surface area (Å²) >= 11 is 1.71. The second-order valence-electron chi connectivity index (χ2n) is 5.13. The van der Waals surface area contributed by atoms with Gasteiger partial charge in [0.05, 0.1) is 11.7 Å². The van der Waals surface area contributed by atoms with E-state index in [9.17, 15) is 13.2 Å². The predicted molar refractivity (Wildman–Crippen MR) is 77.3 cm³/mol. The lowest BCUT2D eigenvalue weighted by Gasteiger charge is -2.26. The van der Waals surface area contributed by atoms with E-state index in [-0.39, 0.29) is 24.1 Å². The van der Waals surface area contributed by atoms with Crippen molar-refractivity contribution < 1.29 is 13.2 Å². The van der Waals surface area contributed by atoms with Crippen LogP contribution in [0.25, 0.3) is 0 Å². The Kier molecular flexibility index (Phi) is 4.30. The number of nitrogens with zero attached hydrogens (tertiary/aromatic N) is 1. The number of thiophene rings is 1. The summed E-state index contributed by atoms with van der Waals surface area (Å²) in [4.78, 5) is 15.3. The molecular formula is C13H19NO3S2. The monoisotopic (exact) mass is 301 g/mol. The zero-order chi connectivity index (χ0) is 14.0. The fourth-order valence-electron chi connectivity index (χ4n) is 2.42. The van der Waals surface area contributed by atoms with Gasteiger partial charge in [0.15, 0.2) is 0 Å². The van der Waals surface area contributed by atoms with Gasteiger partial charge in [-0.15, -0.1) is 11.3 Å². The van der Waals surface area contributed by atoms with Crippen molar-refractivity contribution in [1.29, 1.82) is 0 Å². The normalized spacial score (nSPS) is 18.9. The summed E-state index contributed by atoms with van der Waals surface area (Å²) in [5, 5.41) is 2.03. The van der Waals surface area contributed by atoms with Gasteiger partial charge in [0.1, 0.15) is 9.84 Å². The number of sulfone groups is 1. The largest absolute Gasteiger partial charge is 0.344 e. The van der Waals surface area contributed by atoms with Crippen LogP contribution in [0, 0.1) is 0 Å². The van der Waals surface area contributed by atoms with Crippen molar-refractivity contribution in [2.45, 2.75) is 25.2 Å². The lowest BCUT2D eigenvalue weighted by atomic mass is 9.87. The molecule has 1 atom stereocenters. The van der Waals surface area contributed by atoms with E-state index in [0.29, 0.717) is 0 Å². The number of aryl methyl sites for hydroxylation is 1. The van der Waals surface area contributed by atoms with Gasteiger partial charge in [0.25, 0.3) is 0 Å². The van der Waals surface area contributed by atoms with E-state index in [2.05, 4.69) is 0 Å². The maximum atomic E-state index is 12.4. The summed E-state index contributed by atoms with van der Waals surface area (Å²) in [6.07, 6.45) is 4.16. The standard InChI is InChI=1S/C13H19NO3S2/c1-14(7-9-19(2,16)17)13(15)11-4-3-5-12-10(11)6-8-18-12/h6,8,11H,3-5,7,9H2,1-2H3/t11-/m0/s1. The van der Waals surface area contributed by atoms with Crippen LogP contribution in [0.1, 0.15) is 29.2 Å². The molecule has 1 aromatic rings. The summed E-state index contributed by atoms with van der Waals surface area (Å²) in [6.45, 7) is 0.271. The third-order valence-electron chi connectivity index (χ3n) is 3.52. The minimum atomic E-state index is -3.02. The van der Waals surface area contributed by atoms with Crippen molar-refractivity contribution in [3.63, 3.8) is 0 Å². The Morgan fingerprint density at radius 2 is 2.26 bits per heavy atom. The van der Waals surface area contributed by atoms with Crippen LogP contribution in [-0.4, -0.2) is 44.8 Å². The van der Waals surface area contributed by atoms with Gasteiger partial charge in [-0.25, -0.2) is 8.42 Å². The Hall–Kier alpha value is -0.880. The molecule has 0 saturated carbocycles. The zero-order valence-electron chi connectivity index (χ0n) is 11.3. The molecule has 0 radical (unpaired) electrons. The molecule has 1 aliphatic carbocycles. The first-order valence-electron chi connectivity index (χ1n) is 6.37. The first kappa shape index (κ1) is 14.5. The molecule has 0 aromatic carbocycles. The number of hydrogen-bond acceptors (Lipinski definition) is 4. The molecule has 1 amide bonds. The van der Waals surface area contributed by atoms with Gasteiger partial charge in [0.2, 0.25) is 5.91 Å². The van der Waals surface area contributed by atoms with Gasteiger partial charge in [-0.05, 0) is 36.3 Å². The summed E-state index contributed by atoms with van der Waals surface area (Å²) in [7, 11) is -1.34. The SMILES string of the molecule is CN(CCS(C)(=O)=O)C(=O)[C@H]1CCCc2sccc21. The van der Waals surface area contributed by atoms with Crippen molar-refractivity contribution in [3.8, 4) is 0 Å². The smallest absolute Gasteiger partial charge is 0.229 e. The Labute approximate surface area is 118 Å². The molecule has 0 bridgehead atoms. The molecule has 0 saturated heterocycles. The zero-order valence-corrected chi connectivity index (χ0v) is 12.9. The highest BCUT2D eigenvalue weighted by atomic mass is 32.2. The molecule has 0 fully saturated rings. The first-order chi connectivity index (χ1) is 8.88. The molecular weight excluding hydrogens is 282 g/mol. The minimum absolute atomic E-state index is 0.0262. The number of amides is 1. The highest BCUT2D eigenvalue weighted by Gasteiger charge is 2.29. The molecule has 2 rings (SSSR count). The van der Waals surface area contributed by atoms with E-state index < -0.39 is 9.84 Å². The Morgan fingerprint density at radius 3 is 2.95 bits per heavy atom. The van der Waals surface area contributed by atoms with Gasteiger partial charge in [-0.1, -0.05) is 0 Å². The van der Waals surface area contributed by atoms with Crippen LogP contribution in [0.5, 0.6) is 0 Å². The van der Waals surface area contributed by atoms with Crippen LogP contribution in [0.15, 0.2) is 11.4 Å². The summed E-state index contributed by atoms with van der Waals surface area (Å²) < 4.78 is 22.3. The fourth-order valence-corrected chi connectivity index (χ4v) is 4.01. The summed E-state index contributed by atoms with van der Waals surface area (Å²) in [6, 6.07) is 2.03. The Bertz CT molecular complexity index is 562. The van der Waals surface area contributed by atoms with Crippen LogP contribution in [-0.2, 0) is 21.1 Å². The molecule has 19 heavy (non-hydrogen) atoms. The lowest BCUT2D eigenvalue weighted by Crippen LogP contribution is -2.36. The number of carbonyl (C=O) groups is 1. The van der Waals surface area contributed by atoms with Crippen molar-refractivity contribution >= 4 is 27.1 Å².